The molecule has 3 heteroatoms. The van der Waals surface area contributed by atoms with Crippen LogP contribution < -0.4 is 5.73 Å². The molecular formula is C10H19F2N. The molecule has 1 rings (SSSR count). The van der Waals surface area contributed by atoms with Gasteiger partial charge < -0.3 is 5.73 Å². The van der Waals surface area contributed by atoms with Gasteiger partial charge in [-0.3, -0.25) is 0 Å². The zero-order chi connectivity index (χ0) is 9.90. The molecule has 0 amide bonds. The number of rotatable bonds is 3. The molecular weight excluding hydrogens is 172 g/mol. The molecule has 1 saturated carbocycles. The quantitative estimate of drug-likeness (QED) is 0.729. The molecule has 13 heavy (non-hydrogen) atoms. The molecule has 0 aromatic rings. The molecule has 0 aliphatic heterocycles. The molecule has 0 aromatic carbocycles. The van der Waals surface area contributed by atoms with E-state index in [1.165, 1.54) is 0 Å². The average molecular weight is 191 g/mol. The van der Waals surface area contributed by atoms with Crippen LogP contribution in [0.25, 0.3) is 0 Å². The Labute approximate surface area is 78.7 Å². The van der Waals surface area contributed by atoms with Gasteiger partial charge in [-0.15, -0.1) is 0 Å². The second kappa shape index (κ2) is 4.36. The Morgan fingerprint density at radius 3 is 2.77 bits per heavy atom. The third kappa shape index (κ3) is 3.22. The van der Waals surface area contributed by atoms with Crippen molar-refractivity contribution >= 4 is 0 Å². The van der Waals surface area contributed by atoms with Crippen molar-refractivity contribution in [2.45, 2.75) is 57.4 Å². The standard InChI is InChI=1S/C10H19F2N/c1-2-4-9(13)8-5-3-6-10(11,12)7-8/h8-9H,2-7,13H2,1H3/t8?,9-/m0/s1. The summed E-state index contributed by atoms with van der Waals surface area (Å²) in [5, 5.41) is 0. The van der Waals surface area contributed by atoms with Crippen molar-refractivity contribution < 1.29 is 8.78 Å². The van der Waals surface area contributed by atoms with E-state index in [0.717, 1.165) is 19.3 Å². The first-order valence-electron chi connectivity index (χ1n) is 5.18. The summed E-state index contributed by atoms with van der Waals surface area (Å²) in [5.74, 6) is -2.41. The van der Waals surface area contributed by atoms with Crippen LogP contribution in [0.5, 0.6) is 0 Å². The zero-order valence-electron chi connectivity index (χ0n) is 8.23. The van der Waals surface area contributed by atoms with E-state index in [2.05, 4.69) is 0 Å². The molecule has 1 aliphatic rings. The molecule has 1 nitrogen and oxygen atoms in total. The SMILES string of the molecule is CCC[C@H](N)C1CCCC(F)(F)C1. The van der Waals surface area contributed by atoms with Crippen molar-refractivity contribution in [2.24, 2.45) is 11.7 Å². The monoisotopic (exact) mass is 191 g/mol. The van der Waals surface area contributed by atoms with E-state index in [4.69, 9.17) is 5.73 Å². The van der Waals surface area contributed by atoms with Gasteiger partial charge in [-0.25, -0.2) is 8.78 Å². The van der Waals surface area contributed by atoms with Crippen LogP contribution in [0.1, 0.15) is 45.4 Å². The van der Waals surface area contributed by atoms with Crippen molar-refractivity contribution in [3.05, 3.63) is 0 Å². The van der Waals surface area contributed by atoms with Crippen molar-refractivity contribution in [3.8, 4) is 0 Å². The lowest BCUT2D eigenvalue weighted by Gasteiger charge is -2.32. The summed E-state index contributed by atoms with van der Waals surface area (Å²) < 4.78 is 26.0. The molecule has 0 radical (unpaired) electrons. The minimum Gasteiger partial charge on any atom is -0.327 e. The molecule has 1 aliphatic carbocycles. The highest BCUT2D eigenvalue weighted by Crippen LogP contribution is 2.38. The van der Waals surface area contributed by atoms with Crippen LogP contribution in [-0.4, -0.2) is 12.0 Å². The highest BCUT2D eigenvalue weighted by Gasteiger charge is 2.37. The Balaban J connectivity index is 2.42. The Bertz CT molecular complexity index is 159. The summed E-state index contributed by atoms with van der Waals surface area (Å²) in [6.07, 6.45) is 3.45. The molecule has 1 fully saturated rings. The van der Waals surface area contributed by atoms with E-state index < -0.39 is 5.92 Å². The zero-order valence-corrected chi connectivity index (χ0v) is 8.23. The summed E-state index contributed by atoms with van der Waals surface area (Å²) >= 11 is 0. The summed E-state index contributed by atoms with van der Waals surface area (Å²) in [4.78, 5) is 0. The fourth-order valence-corrected chi connectivity index (χ4v) is 2.15. The summed E-state index contributed by atoms with van der Waals surface area (Å²) in [5.41, 5.74) is 5.85. The lowest BCUT2D eigenvalue weighted by molar-refractivity contribution is -0.0565. The van der Waals surface area contributed by atoms with Gasteiger partial charge in [-0.2, -0.15) is 0 Å². The Morgan fingerprint density at radius 1 is 1.54 bits per heavy atom. The number of hydrogen-bond acceptors (Lipinski definition) is 1. The summed E-state index contributed by atoms with van der Waals surface area (Å²) in [6, 6.07) is -0.0174. The van der Waals surface area contributed by atoms with Crippen LogP contribution in [0.4, 0.5) is 8.78 Å². The van der Waals surface area contributed by atoms with Gasteiger partial charge in [0.2, 0.25) is 5.92 Å². The largest absolute Gasteiger partial charge is 0.327 e. The molecule has 2 N–H and O–H groups in total. The van der Waals surface area contributed by atoms with Crippen molar-refractivity contribution in [3.63, 3.8) is 0 Å². The van der Waals surface area contributed by atoms with Gasteiger partial charge in [0.25, 0.3) is 0 Å². The third-order valence-electron chi connectivity index (χ3n) is 2.91. The van der Waals surface area contributed by atoms with E-state index in [-0.39, 0.29) is 24.8 Å². The second-order valence-corrected chi connectivity index (χ2v) is 4.16. The van der Waals surface area contributed by atoms with Crippen molar-refractivity contribution in [1.82, 2.24) is 0 Å². The predicted octanol–water partition coefficient (Wildman–Crippen LogP) is 2.94. The summed E-state index contributed by atoms with van der Waals surface area (Å²) in [6.45, 7) is 2.04. The number of hydrogen-bond donors (Lipinski definition) is 1. The van der Waals surface area contributed by atoms with Crippen LogP contribution in [0.15, 0.2) is 0 Å². The van der Waals surface area contributed by atoms with E-state index in [1.54, 1.807) is 0 Å². The average Bonchev–Trinajstić information content (AvgIpc) is 2.03. The minimum absolute atomic E-state index is 0.00810. The molecule has 1 unspecified atom stereocenters. The Morgan fingerprint density at radius 2 is 2.23 bits per heavy atom. The maximum Gasteiger partial charge on any atom is 0.248 e. The maximum absolute atomic E-state index is 13.0. The van der Waals surface area contributed by atoms with Crippen LogP contribution in [0.2, 0.25) is 0 Å². The van der Waals surface area contributed by atoms with Crippen LogP contribution in [-0.2, 0) is 0 Å². The van der Waals surface area contributed by atoms with Gasteiger partial charge >= 0.3 is 0 Å². The van der Waals surface area contributed by atoms with E-state index in [1.807, 2.05) is 6.92 Å². The highest BCUT2D eigenvalue weighted by molar-refractivity contribution is 4.84. The third-order valence-corrected chi connectivity index (χ3v) is 2.91. The maximum atomic E-state index is 13.0. The van der Waals surface area contributed by atoms with Crippen molar-refractivity contribution in [1.29, 1.82) is 0 Å². The van der Waals surface area contributed by atoms with Gasteiger partial charge in [0.15, 0.2) is 0 Å². The molecule has 0 spiro atoms. The number of halogens is 2. The highest BCUT2D eigenvalue weighted by atomic mass is 19.3. The molecule has 0 aromatic heterocycles. The molecule has 2 atom stereocenters. The lowest BCUT2D eigenvalue weighted by Crippen LogP contribution is -2.37. The van der Waals surface area contributed by atoms with E-state index in [9.17, 15) is 8.78 Å². The van der Waals surface area contributed by atoms with Crippen LogP contribution in [0.3, 0.4) is 0 Å². The molecule has 0 saturated heterocycles. The fourth-order valence-electron chi connectivity index (χ4n) is 2.15. The normalized spacial score (nSPS) is 30.0. The topological polar surface area (TPSA) is 26.0 Å². The predicted molar refractivity (Wildman–Crippen MR) is 49.8 cm³/mol. The Kier molecular flexibility index (Phi) is 3.65. The Hall–Kier alpha value is -0.180. The van der Waals surface area contributed by atoms with Gasteiger partial charge in [-0.05, 0) is 25.2 Å². The van der Waals surface area contributed by atoms with Gasteiger partial charge in [-0.1, -0.05) is 13.3 Å². The van der Waals surface area contributed by atoms with Crippen LogP contribution in [0, 0.1) is 5.92 Å². The van der Waals surface area contributed by atoms with Gasteiger partial charge in [0, 0.05) is 18.9 Å². The van der Waals surface area contributed by atoms with Gasteiger partial charge in [0.1, 0.15) is 0 Å². The molecule has 0 heterocycles. The second-order valence-electron chi connectivity index (χ2n) is 4.16. The van der Waals surface area contributed by atoms with E-state index in [0.29, 0.717) is 6.42 Å². The number of nitrogens with two attached hydrogens (primary N) is 1. The van der Waals surface area contributed by atoms with E-state index >= 15 is 0 Å². The summed E-state index contributed by atoms with van der Waals surface area (Å²) in [7, 11) is 0. The van der Waals surface area contributed by atoms with Gasteiger partial charge in [0.05, 0.1) is 0 Å². The minimum atomic E-state index is -2.45. The fraction of sp³-hybridized carbons (Fsp3) is 1.00. The van der Waals surface area contributed by atoms with Crippen LogP contribution >= 0.6 is 0 Å². The lowest BCUT2D eigenvalue weighted by atomic mass is 9.81. The molecule has 78 valence electrons. The first-order valence-corrected chi connectivity index (χ1v) is 5.18. The first-order chi connectivity index (χ1) is 6.05. The first kappa shape index (κ1) is 10.9. The van der Waals surface area contributed by atoms with Crippen molar-refractivity contribution in [2.75, 3.05) is 0 Å². The smallest absolute Gasteiger partial charge is 0.248 e. The molecule has 0 bridgehead atoms. The number of alkyl halides is 2.